The summed E-state index contributed by atoms with van der Waals surface area (Å²) in [5.74, 6) is 0.939. The van der Waals surface area contributed by atoms with Gasteiger partial charge in [0.1, 0.15) is 0 Å². The van der Waals surface area contributed by atoms with Gasteiger partial charge in [0.25, 0.3) is 0 Å². The molecule has 0 saturated heterocycles. The maximum Gasteiger partial charge on any atom is 0.0329 e. The molecule has 0 atom stereocenters. The largest absolute Gasteiger partial charge is 0.329 e. The van der Waals surface area contributed by atoms with Gasteiger partial charge in [-0.2, -0.15) is 0 Å². The Morgan fingerprint density at radius 1 is 0.857 bits per heavy atom. The number of likely N-dealkylation sites (N-methyl/N-ethyl adjacent to an activating group) is 1. The molecule has 0 aromatic heterocycles. The summed E-state index contributed by atoms with van der Waals surface area (Å²) in [6, 6.07) is 0. The van der Waals surface area contributed by atoms with Gasteiger partial charge < -0.3 is 5.73 Å². The number of hydrogen-bond donors (Lipinski definition) is 1. The van der Waals surface area contributed by atoms with Crippen LogP contribution in [0.3, 0.4) is 0 Å². The Labute approximate surface area is 131 Å². The zero-order valence-corrected chi connectivity index (χ0v) is 14.2. The Bertz CT molecular complexity index is 316. The fourth-order valence-electron chi connectivity index (χ4n) is 5.56. The van der Waals surface area contributed by atoms with Crippen LogP contribution in [0.15, 0.2) is 0 Å². The molecule has 0 aromatic carbocycles. The van der Waals surface area contributed by atoms with E-state index in [4.69, 9.17) is 5.73 Å². The van der Waals surface area contributed by atoms with Gasteiger partial charge in [-0.1, -0.05) is 32.1 Å². The SMILES string of the molecule is CN(CC1CCCCC1)C1(CN)CCC2(CCCC2)CC1. The molecule has 0 aliphatic heterocycles. The predicted octanol–water partition coefficient (Wildman–Crippen LogP) is 4.33. The molecule has 2 nitrogen and oxygen atoms in total. The number of hydrogen-bond acceptors (Lipinski definition) is 2. The van der Waals surface area contributed by atoms with Crippen molar-refractivity contribution < 1.29 is 0 Å². The molecule has 0 bridgehead atoms. The lowest BCUT2D eigenvalue weighted by Crippen LogP contribution is -2.56. The number of nitrogens with zero attached hydrogens (tertiary/aromatic N) is 1. The molecule has 1 spiro atoms. The minimum atomic E-state index is 0.325. The Morgan fingerprint density at radius 2 is 1.48 bits per heavy atom. The molecule has 2 N–H and O–H groups in total. The molecule has 0 unspecified atom stereocenters. The quantitative estimate of drug-likeness (QED) is 0.835. The van der Waals surface area contributed by atoms with Crippen molar-refractivity contribution in [2.75, 3.05) is 20.1 Å². The molecule has 3 aliphatic rings. The first-order chi connectivity index (χ1) is 10.2. The maximum absolute atomic E-state index is 6.29. The van der Waals surface area contributed by atoms with Gasteiger partial charge in [-0.15, -0.1) is 0 Å². The van der Waals surface area contributed by atoms with Crippen molar-refractivity contribution in [1.82, 2.24) is 4.90 Å². The molecule has 21 heavy (non-hydrogen) atoms. The third kappa shape index (κ3) is 3.32. The van der Waals surface area contributed by atoms with Crippen molar-refractivity contribution in [2.24, 2.45) is 17.1 Å². The van der Waals surface area contributed by atoms with E-state index in [1.807, 2.05) is 0 Å². The van der Waals surface area contributed by atoms with Crippen molar-refractivity contribution in [2.45, 2.75) is 89.0 Å². The Balaban J connectivity index is 1.58. The number of rotatable bonds is 4. The monoisotopic (exact) mass is 292 g/mol. The summed E-state index contributed by atoms with van der Waals surface area (Å²) in [4.78, 5) is 2.69. The average Bonchev–Trinajstić information content (AvgIpc) is 2.98. The predicted molar refractivity (Wildman–Crippen MR) is 90.4 cm³/mol. The van der Waals surface area contributed by atoms with Gasteiger partial charge in [-0.25, -0.2) is 0 Å². The van der Waals surface area contributed by atoms with E-state index < -0.39 is 0 Å². The highest BCUT2D eigenvalue weighted by Gasteiger charge is 2.45. The Kier molecular flexibility index (Phi) is 4.95. The zero-order chi connectivity index (χ0) is 14.8. The van der Waals surface area contributed by atoms with Crippen LogP contribution >= 0.6 is 0 Å². The van der Waals surface area contributed by atoms with E-state index in [0.29, 0.717) is 5.54 Å². The van der Waals surface area contributed by atoms with Gasteiger partial charge in [0.05, 0.1) is 0 Å². The standard InChI is InChI=1S/C19H36N2/c1-21(15-17-7-3-2-4-8-17)19(16-20)13-11-18(12-14-19)9-5-6-10-18/h17H,2-16,20H2,1H3. The molecule has 0 amide bonds. The highest BCUT2D eigenvalue weighted by Crippen LogP contribution is 2.52. The smallest absolute Gasteiger partial charge is 0.0329 e. The van der Waals surface area contributed by atoms with Crippen LogP contribution < -0.4 is 5.73 Å². The lowest BCUT2D eigenvalue weighted by atomic mass is 9.65. The molecule has 3 fully saturated rings. The molecule has 3 saturated carbocycles. The highest BCUT2D eigenvalue weighted by atomic mass is 15.2. The van der Waals surface area contributed by atoms with Crippen LogP contribution in [0.1, 0.15) is 83.5 Å². The number of nitrogens with two attached hydrogens (primary N) is 1. The summed E-state index contributed by atoms with van der Waals surface area (Å²) in [6.45, 7) is 2.16. The zero-order valence-electron chi connectivity index (χ0n) is 14.2. The van der Waals surface area contributed by atoms with Crippen LogP contribution in [0, 0.1) is 11.3 Å². The van der Waals surface area contributed by atoms with Crippen molar-refractivity contribution in [1.29, 1.82) is 0 Å². The minimum Gasteiger partial charge on any atom is -0.329 e. The van der Waals surface area contributed by atoms with Crippen LogP contribution in [-0.4, -0.2) is 30.6 Å². The Hall–Kier alpha value is -0.0800. The van der Waals surface area contributed by atoms with Gasteiger partial charge in [0.2, 0.25) is 0 Å². The van der Waals surface area contributed by atoms with E-state index in [0.717, 1.165) is 17.9 Å². The summed E-state index contributed by atoms with van der Waals surface area (Å²) in [6.07, 6.45) is 18.8. The fourth-order valence-corrected chi connectivity index (χ4v) is 5.56. The van der Waals surface area contributed by atoms with E-state index in [1.54, 1.807) is 0 Å². The molecule has 122 valence electrons. The lowest BCUT2D eigenvalue weighted by molar-refractivity contribution is 0.0183. The van der Waals surface area contributed by atoms with Crippen molar-refractivity contribution >= 4 is 0 Å². The molecule has 3 aliphatic carbocycles. The fraction of sp³-hybridized carbons (Fsp3) is 1.00. The van der Waals surface area contributed by atoms with Gasteiger partial charge >= 0.3 is 0 Å². The third-order valence-electron chi connectivity index (χ3n) is 7.35. The van der Waals surface area contributed by atoms with Crippen LogP contribution in [0.2, 0.25) is 0 Å². The van der Waals surface area contributed by atoms with Gasteiger partial charge in [0.15, 0.2) is 0 Å². The summed E-state index contributed by atoms with van der Waals surface area (Å²) < 4.78 is 0. The summed E-state index contributed by atoms with van der Waals surface area (Å²) in [5.41, 5.74) is 7.34. The van der Waals surface area contributed by atoms with E-state index in [1.165, 1.54) is 90.0 Å². The minimum absolute atomic E-state index is 0.325. The topological polar surface area (TPSA) is 29.3 Å². The van der Waals surface area contributed by atoms with Crippen LogP contribution in [-0.2, 0) is 0 Å². The first kappa shape index (κ1) is 15.8. The first-order valence-corrected chi connectivity index (χ1v) is 9.59. The average molecular weight is 293 g/mol. The normalized spacial score (nSPS) is 29.3. The third-order valence-corrected chi connectivity index (χ3v) is 7.35. The Morgan fingerprint density at radius 3 is 2.05 bits per heavy atom. The lowest BCUT2D eigenvalue weighted by Gasteiger charge is -2.50. The summed E-state index contributed by atoms with van der Waals surface area (Å²) in [5, 5.41) is 0. The van der Waals surface area contributed by atoms with Crippen molar-refractivity contribution in [3.63, 3.8) is 0 Å². The summed E-state index contributed by atoms with van der Waals surface area (Å²) in [7, 11) is 2.37. The second-order valence-corrected chi connectivity index (χ2v) is 8.52. The van der Waals surface area contributed by atoms with Crippen LogP contribution in [0.5, 0.6) is 0 Å². The van der Waals surface area contributed by atoms with E-state index in [9.17, 15) is 0 Å². The molecule has 0 aromatic rings. The summed E-state index contributed by atoms with van der Waals surface area (Å²) >= 11 is 0. The molecule has 0 radical (unpaired) electrons. The molecule has 2 heteroatoms. The first-order valence-electron chi connectivity index (χ1n) is 9.59. The van der Waals surface area contributed by atoms with Crippen LogP contribution in [0.25, 0.3) is 0 Å². The molecule has 3 rings (SSSR count). The highest BCUT2D eigenvalue weighted by molar-refractivity contribution is 5.01. The van der Waals surface area contributed by atoms with E-state index in [2.05, 4.69) is 11.9 Å². The molecular weight excluding hydrogens is 256 g/mol. The van der Waals surface area contributed by atoms with Crippen LogP contribution in [0.4, 0.5) is 0 Å². The van der Waals surface area contributed by atoms with Gasteiger partial charge in [-0.3, -0.25) is 4.90 Å². The van der Waals surface area contributed by atoms with Crippen molar-refractivity contribution in [3.8, 4) is 0 Å². The van der Waals surface area contributed by atoms with Gasteiger partial charge in [0, 0.05) is 18.6 Å². The molecular formula is C19H36N2. The van der Waals surface area contributed by atoms with E-state index in [-0.39, 0.29) is 0 Å². The van der Waals surface area contributed by atoms with E-state index >= 15 is 0 Å². The second-order valence-electron chi connectivity index (χ2n) is 8.52. The maximum atomic E-state index is 6.29. The molecule has 0 heterocycles. The van der Waals surface area contributed by atoms with Gasteiger partial charge in [-0.05, 0) is 69.7 Å². The van der Waals surface area contributed by atoms with Crippen molar-refractivity contribution in [3.05, 3.63) is 0 Å². The second kappa shape index (κ2) is 6.58.